The van der Waals surface area contributed by atoms with Crippen molar-refractivity contribution in [3.8, 4) is 0 Å². The predicted octanol–water partition coefficient (Wildman–Crippen LogP) is 4.63. The molecule has 124 valence electrons. The van der Waals surface area contributed by atoms with Gasteiger partial charge < -0.3 is 9.84 Å². The Bertz CT molecular complexity index is 494. The highest BCUT2D eigenvalue weighted by Crippen LogP contribution is 2.58. The molecule has 22 heavy (non-hydrogen) atoms. The lowest BCUT2D eigenvalue weighted by molar-refractivity contribution is 0.0227. The molecule has 0 aromatic heterocycles. The fourth-order valence-corrected chi connectivity index (χ4v) is 5.00. The summed E-state index contributed by atoms with van der Waals surface area (Å²) in [5.41, 5.74) is 2.74. The monoisotopic (exact) mass is 304 g/mol. The van der Waals surface area contributed by atoms with Crippen LogP contribution in [-0.2, 0) is 4.74 Å². The second-order valence-electron chi connectivity index (χ2n) is 8.57. The van der Waals surface area contributed by atoms with E-state index >= 15 is 0 Å². The first-order valence-corrected chi connectivity index (χ1v) is 8.93. The highest BCUT2D eigenvalue weighted by atomic mass is 16.6. The number of allylic oxidation sites excluding steroid dienone is 3. The highest BCUT2D eigenvalue weighted by Gasteiger charge is 2.59. The van der Waals surface area contributed by atoms with E-state index in [-0.39, 0.29) is 17.1 Å². The van der Waals surface area contributed by atoms with Gasteiger partial charge in [-0.25, -0.2) is 0 Å². The molecule has 1 heterocycles. The SMILES string of the molecule is C=C(C)[C@H]1C[C@@H](O)[C@@]2(C)C[C@H]3O[C@@]3(C)CC/C=C(\C)CC[C@H]12. The predicted molar refractivity (Wildman–Crippen MR) is 90.6 cm³/mol. The van der Waals surface area contributed by atoms with Crippen LogP contribution in [0.3, 0.4) is 0 Å². The zero-order valence-electron chi connectivity index (χ0n) is 14.7. The maximum atomic E-state index is 10.8. The van der Waals surface area contributed by atoms with Gasteiger partial charge in [0, 0.05) is 0 Å². The van der Waals surface area contributed by atoms with Gasteiger partial charge in [-0.15, -0.1) is 0 Å². The minimum atomic E-state index is -0.224. The molecule has 0 unspecified atom stereocenters. The normalized spacial score (nSPS) is 51.0. The maximum Gasteiger partial charge on any atom is 0.0923 e. The number of aliphatic hydroxyl groups is 1. The number of hydrogen-bond acceptors (Lipinski definition) is 2. The van der Waals surface area contributed by atoms with Crippen molar-refractivity contribution in [2.45, 2.75) is 84.0 Å². The van der Waals surface area contributed by atoms with Crippen molar-refractivity contribution < 1.29 is 9.84 Å². The van der Waals surface area contributed by atoms with E-state index in [1.54, 1.807) is 0 Å². The standard InChI is InChI=1S/C20H32O2/c1-13(2)15-11-17(21)19(4)12-18-20(5,22-18)10-6-7-14(3)8-9-16(15)19/h7,15-18,21H,1,6,8-12H2,2-5H3/b14-7+/t15-,16-,17-,18-,19+,20+/m1/s1. The van der Waals surface area contributed by atoms with E-state index in [2.05, 4.69) is 40.3 Å². The third-order valence-electron chi connectivity index (χ3n) is 6.85. The minimum absolute atomic E-state index is 0.0311. The average Bonchev–Trinajstić information content (AvgIpc) is 2.97. The van der Waals surface area contributed by atoms with E-state index in [0.717, 1.165) is 38.5 Å². The molecule has 2 heteroatoms. The molecule has 2 fully saturated rings. The van der Waals surface area contributed by atoms with Crippen LogP contribution in [0.1, 0.15) is 66.2 Å². The molecule has 0 radical (unpaired) electrons. The van der Waals surface area contributed by atoms with Gasteiger partial charge >= 0.3 is 0 Å². The Balaban J connectivity index is 1.90. The third-order valence-corrected chi connectivity index (χ3v) is 6.85. The van der Waals surface area contributed by atoms with Crippen molar-refractivity contribution in [3.05, 3.63) is 23.8 Å². The Hall–Kier alpha value is -0.600. The van der Waals surface area contributed by atoms with Crippen molar-refractivity contribution in [2.24, 2.45) is 17.3 Å². The topological polar surface area (TPSA) is 32.8 Å². The van der Waals surface area contributed by atoms with E-state index in [1.807, 2.05) is 0 Å². The summed E-state index contributed by atoms with van der Waals surface area (Å²) in [6, 6.07) is 0. The number of aliphatic hydroxyl groups excluding tert-OH is 1. The van der Waals surface area contributed by atoms with Crippen LogP contribution in [0, 0.1) is 17.3 Å². The zero-order chi connectivity index (χ0) is 16.1. The van der Waals surface area contributed by atoms with E-state index in [1.165, 1.54) is 11.1 Å². The van der Waals surface area contributed by atoms with Crippen molar-refractivity contribution in [2.75, 3.05) is 0 Å². The molecule has 1 aliphatic heterocycles. The van der Waals surface area contributed by atoms with E-state index in [9.17, 15) is 5.11 Å². The van der Waals surface area contributed by atoms with Gasteiger partial charge in [0.2, 0.25) is 0 Å². The summed E-state index contributed by atoms with van der Waals surface area (Å²) < 4.78 is 6.07. The summed E-state index contributed by atoms with van der Waals surface area (Å²) in [4.78, 5) is 0. The number of ether oxygens (including phenoxy) is 1. The largest absolute Gasteiger partial charge is 0.393 e. The number of epoxide rings is 1. The van der Waals surface area contributed by atoms with Crippen LogP contribution in [0.15, 0.2) is 23.8 Å². The molecule has 0 aromatic carbocycles. The molecule has 2 nitrogen and oxygen atoms in total. The summed E-state index contributed by atoms with van der Waals surface area (Å²) >= 11 is 0. The summed E-state index contributed by atoms with van der Waals surface area (Å²) in [7, 11) is 0. The van der Waals surface area contributed by atoms with Gasteiger partial charge in [-0.3, -0.25) is 0 Å². The Morgan fingerprint density at radius 3 is 2.82 bits per heavy atom. The molecule has 1 saturated carbocycles. The van der Waals surface area contributed by atoms with Crippen LogP contribution in [0.2, 0.25) is 0 Å². The lowest BCUT2D eigenvalue weighted by Gasteiger charge is -2.36. The first-order chi connectivity index (χ1) is 10.3. The molecule has 3 rings (SSSR count). The van der Waals surface area contributed by atoms with Gasteiger partial charge in [-0.1, -0.05) is 30.7 Å². The zero-order valence-corrected chi connectivity index (χ0v) is 14.7. The van der Waals surface area contributed by atoms with Crippen LogP contribution >= 0.6 is 0 Å². The van der Waals surface area contributed by atoms with Gasteiger partial charge in [0.1, 0.15) is 0 Å². The van der Waals surface area contributed by atoms with Crippen LogP contribution in [0.4, 0.5) is 0 Å². The van der Waals surface area contributed by atoms with Gasteiger partial charge in [0.25, 0.3) is 0 Å². The second kappa shape index (κ2) is 5.49. The molecule has 1 N–H and O–H groups in total. The van der Waals surface area contributed by atoms with E-state index in [4.69, 9.17) is 4.74 Å². The lowest BCUT2D eigenvalue weighted by Crippen LogP contribution is -2.36. The molecule has 3 aliphatic rings. The number of fused-ring (bicyclic) bond motifs is 2. The second-order valence-corrected chi connectivity index (χ2v) is 8.57. The number of rotatable bonds is 1. The molecule has 0 spiro atoms. The summed E-state index contributed by atoms with van der Waals surface area (Å²) in [5, 5.41) is 10.8. The first-order valence-electron chi connectivity index (χ1n) is 8.93. The summed E-state index contributed by atoms with van der Waals surface area (Å²) in [6.07, 6.45) is 8.91. The molecule has 0 bridgehead atoms. The van der Waals surface area contributed by atoms with Crippen LogP contribution in [0.5, 0.6) is 0 Å². The molecule has 2 aliphatic carbocycles. The van der Waals surface area contributed by atoms with Gasteiger partial charge in [0.05, 0.1) is 17.8 Å². The van der Waals surface area contributed by atoms with Gasteiger partial charge in [-0.2, -0.15) is 0 Å². The Morgan fingerprint density at radius 1 is 1.41 bits per heavy atom. The maximum absolute atomic E-state index is 10.8. The quantitative estimate of drug-likeness (QED) is 0.566. The lowest BCUT2D eigenvalue weighted by atomic mass is 9.69. The molecule has 0 amide bonds. The van der Waals surface area contributed by atoms with Crippen LogP contribution in [0.25, 0.3) is 0 Å². The van der Waals surface area contributed by atoms with E-state index in [0.29, 0.717) is 17.9 Å². The van der Waals surface area contributed by atoms with Gasteiger partial charge in [0.15, 0.2) is 0 Å². The fourth-order valence-electron chi connectivity index (χ4n) is 5.00. The molecular formula is C20H32O2. The molecule has 6 atom stereocenters. The smallest absolute Gasteiger partial charge is 0.0923 e. The Labute approximate surface area is 135 Å². The fraction of sp³-hybridized carbons (Fsp3) is 0.800. The van der Waals surface area contributed by atoms with Crippen molar-refractivity contribution in [3.63, 3.8) is 0 Å². The summed E-state index contributed by atoms with van der Waals surface area (Å²) in [6.45, 7) is 13.1. The highest BCUT2D eigenvalue weighted by molar-refractivity contribution is 5.15. The van der Waals surface area contributed by atoms with Crippen molar-refractivity contribution in [1.82, 2.24) is 0 Å². The van der Waals surface area contributed by atoms with E-state index < -0.39 is 0 Å². The number of hydrogen-bond donors (Lipinski definition) is 1. The van der Waals surface area contributed by atoms with Crippen LogP contribution in [-0.4, -0.2) is 22.9 Å². The molecule has 1 saturated heterocycles. The summed E-state index contributed by atoms with van der Waals surface area (Å²) in [5.74, 6) is 0.980. The van der Waals surface area contributed by atoms with Crippen LogP contribution < -0.4 is 0 Å². The molecule has 0 aromatic rings. The minimum Gasteiger partial charge on any atom is -0.393 e. The third kappa shape index (κ3) is 2.69. The Morgan fingerprint density at radius 2 is 2.14 bits per heavy atom. The van der Waals surface area contributed by atoms with Crippen molar-refractivity contribution in [1.29, 1.82) is 0 Å². The Kier molecular flexibility index (Phi) is 4.06. The first kappa shape index (κ1) is 16.3. The molecular weight excluding hydrogens is 272 g/mol. The van der Waals surface area contributed by atoms with Crippen molar-refractivity contribution >= 4 is 0 Å². The average molecular weight is 304 g/mol. The van der Waals surface area contributed by atoms with Gasteiger partial charge in [-0.05, 0) is 76.5 Å².